The normalized spacial score (nSPS) is 16.8. The highest BCUT2D eigenvalue weighted by Gasteiger charge is 2.12. The Hall–Kier alpha value is 0.140. The summed E-state index contributed by atoms with van der Waals surface area (Å²) in [6, 6.07) is 2.06. The molecule has 0 atom stereocenters. The van der Waals surface area contributed by atoms with Crippen molar-refractivity contribution in [1.82, 2.24) is 4.90 Å². The molecule has 4 nitrogen and oxygen atoms in total. The van der Waals surface area contributed by atoms with Crippen molar-refractivity contribution in [2.24, 2.45) is 10.7 Å². The quantitative estimate of drug-likeness (QED) is 0.444. The molecule has 0 spiro atoms. The van der Waals surface area contributed by atoms with Gasteiger partial charge in [0, 0.05) is 13.1 Å². The molecule has 2 heterocycles. The highest BCUT2D eigenvalue weighted by atomic mass is 127. The molecule has 1 aliphatic heterocycles. The number of thiophene rings is 1. The Morgan fingerprint density at radius 1 is 1.53 bits per heavy atom. The van der Waals surface area contributed by atoms with Gasteiger partial charge in [-0.2, -0.15) is 0 Å². The average molecular weight is 432 g/mol. The molecule has 0 aliphatic carbocycles. The third kappa shape index (κ3) is 4.38. The SMILES string of the molecule is I.NC(=NCc1ccsc1Br)N1CCOCC1. The molecule has 0 radical (unpaired) electrons. The second kappa shape index (κ2) is 7.55. The highest BCUT2D eigenvalue weighted by Crippen LogP contribution is 2.23. The first-order chi connectivity index (χ1) is 7.77. The minimum Gasteiger partial charge on any atom is -0.378 e. The maximum absolute atomic E-state index is 5.92. The van der Waals surface area contributed by atoms with E-state index in [4.69, 9.17) is 10.5 Å². The zero-order valence-electron chi connectivity index (χ0n) is 9.26. The fourth-order valence-corrected chi connectivity index (χ4v) is 2.71. The van der Waals surface area contributed by atoms with E-state index >= 15 is 0 Å². The predicted octanol–water partition coefficient (Wildman–Crippen LogP) is 2.28. The number of rotatable bonds is 2. The second-order valence-electron chi connectivity index (χ2n) is 3.49. The number of nitrogens with zero attached hydrogens (tertiary/aromatic N) is 2. The molecule has 17 heavy (non-hydrogen) atoms. The zero-order valence-corrected chi connectivity index (χ0v) is 14.0. The zero-order chi connectivity index (χ0) is 11.4. The van der Waals surface area contributed by atoms with Crippen molar-refractivity contribution >= 4 is 57.2 Å². The van der Waals surface area contributed by atoms with E-state index in [9.17, 15) is 0 Å². The molecule has 2 rings (SSSR count). The smallest absolute Gasteiger partial charge is 0.191 e. The largest absolute Gasteiger partial charge is 0.378 e. The van der Waals surface area contributed by atoms with Crippen LogP contribution in [-0.2, 0) is 11.3 Å². The molecule has 1 aromatic heterocycles. The Morgan fingerprint density at radius 3 is 2.82 bits per heavy atom. The number of morpholine rings is 1. The monoisotopic (exact) mass is 431 g/mol. The number of hydrogen-bond donors (Lipinski definition) is 1. The van der Waals surface area contributed by atoms with Gasteiger partial charge in [-0.3, -0.25) is 0 Å². The fourth-order valence-electron chi connectivity index (χ4n) is 1.49. The van der Waals surface area contributed by atoms with E-state index in [1.165, 1.54) is 5.56 Å². The van der Waals surface area contributed by atoms with Crippen LogP contribution in [0.3, 0.4) is 0 Å². The second-order valence-corrected chi connectivity index (χ2v) is 5.73. The standard InChI is InChI=1S/C10H14BrN3OS.HI/c11-9-8(1-6-16-9)7-13-10(12)14-2-4-15-5-3-14;/h1,6H,2-5,7H2,(H2,12,13);1H. The first-order valence-electron chi connectivity index (χ1n) is 5.12. The number of nitrogens with two attached hydrogens (primary N) is 1. The topological polar surface area (TPSA) is 50.8 Å². The van der Waals surface area contributed by atoms with Gasteiger partial charge in [0.1, 0.15) is 0 Å². The summed E-state index contributed by atoms with van der Waals surface area (Å²) in [4.78, 5) is 6.45. The summed E-state index contributed by atoms with van der Waals surface area (Å²) in [6.45, 7) is 3.77. The van der Waals surface area contributed by atoms with Crippen LogP contribution in [0.15, 0.2) is 20.2 Å². The van der Waals surface area contributed by atoms with Gasteiger partial charge in [-0.1, -0.05) is 0 Å². The van der Waals surface area contributed by atoms with Crippen molar-refractivity contribution in [3.05, 3.63) is 20.8 Å². The Bertz CT molecular complexity index is 379. The molecule has 1 aliphatic rings. The van der Waals surface area contributed by atoms with E-state index in [1.54, 1.807) is 11.3 Å². The number of hydrogen-bond acceptors (Lipinski definition) is 3. The van der Waals surface area contributed by atoms with Crippen LogP contribution in [0.1, 0.15) is 5.56 Å². The molecule has 1 fully saturated rings. The number of halogens is 2. The van der Waals surface area contributed by atoms with E-state index in [1.807, 2.05) is 5.38 Å². The molecular formula is C10H15BrIN3OS. The maximum Gasteiger partial charge on any atom is 0.191 e. The van der Waals surface area contributed by atoms with Gasteiger partial charge in [0.2, 0.25) is 0 Å². The van der Waals surface area contributed by atoms with Gasteiger partial charge in [-0.25, -0.2) is 4.99 Å². The lowest BCUT2D eigenvalue weighted by Gasteiger charge is -2.27. The lowest BCUT2D eigenvalue weighted by atomic mass is 10.3. The van der Waals surface area contributed by atoms with Gasteiger partial charge in [-0.15, -0.1) is 35.3 Å². The van der Waals surface area contributed by atoms with Crippen LogP contribution >= 0.6 is 51.2 Å². The van der Waals surface area contributed by atoms with Crippen LogP contribution in [-0.4, -0.2) is 37.2 Å². The van der Waals surface area contributed by atoms with E-state index in [-0.39, 0.29) is 24.0 Å². The molecule has 0 unspecified atom stereocenters. The summed E-state index contributed by atoms with van der Waals surface area (Å²) >= 11 is 5.15. The molecule has 1 saturated heterocycles. The lowest BCUT2D eigenvalue weighted by Crippen LogP contribution is -2.44. The van der Waals surface area contributed by atoms with Crippen molar-refractivity contribution in [3.8, 4) is 0 Å². The number of aliphatic imine (C=N–C) groups is 1. The van der Waals surface area contributed by atoms with Gasteiger partial charge in [0.15, 0.2) is 5.96 Å². The molecular weight excluding hydrogens is 417 g/mol. The van der Waals surface area contributed by atoms with E-state index in [0.717, 1.165) is 30.1 Å². The lowest BCUT2D eigenvalue weighted by molar-refractivity contribution is 0.0674. The third-order valence-corrected chi connectivity index (χ3v) is 4.25. The van der Waals surface area contributed by atoms with Crippen molar-refractivity contribution in [2.75, 3.05) is 26.3 Å². The first kappa shape index (κ1) is 15.2. The number of ether oxygens (including phenoxy) is 1. The molecule has 0 aromatic carbocycles. The van der Waals surface area contributed by atoms with Crippen molar-refractivity contribution < 1.29 is 4.74 Å². The Morgan fingerprint density at radius 2 is 2.24 bits per heavy atom. The summed E-state index contributed by atoms with van der Waals surface area (Å²) < 4.78 is 6.39. The third-order valence-electron chi connectivity index (χ3n) is 2.44. The number of guanidine groups is 1. The van der Waals surface area contributed by atoms with Crippen molar-refractivity contribution in [2.45, 2.75) is 6.54 Å². The van der Waals surface area contributed by atoms with E-state index in [0.29, 0.717) is 12.5 Å². The fraction of sp³-hybridized carbons (Fsp3) is 0.500. The van der Waals surface area contributed by atoms with Crippen molar-refractivity contribution in [3.63, 3.8) is 0 Å². The first-order valence-corrected chi connectivity index (χ1v) is 6.79. The van der Waals surface area contributed by atoms with Crippen LogP contribution in [0, 0.1) is 0 Å². The molecule has 1 aromatic rings. The molecule has 7 heteroatoms. The van der Waals surface area contributed by atoms with Gasteiger partial charge in [0.05, 0.1) is 23.5 Å². The van der Waals surface area contributed by atoms with E-state index in [2.05, 4.69) is 31.9 Å². The molecule has 2 N–H and O–H groups in total. The molecule has 0 saturated carbocycles. The van der Waals surface area contributed by atoms with Gasteiger partial charge >= 0.3 is 0 Å². The minimum absolute atomic E-state index is 0. The van der Waals surface area contributed by atoms with Crippen LogP contribution in [0.4, 0.5) is 0 Å². The summed E-state index contributed by atoms with van der Waals surface area (Å²) in [6.07, 6.45) is 0. The summed E-state index contributed by atoms with van der Waals surface area (Å²) in [5.74, 6) is 0.612. The predicted molar refractivity (Wildman–Crippen MR) is 85.2 cm³/mol. The Balaban J connectivity index is 0.00000144. The minimum atomic E-state index is 0. The van der Waals surface area contributed by atoms with Gasteiger partial charge in [-0.05, 0) is 32.9 Å². The molecule has 0 bridgehead atoms. The Labute approximate surface area is 130 Å². The van der Waals surface area contributed by atoms with Gasteiger partial charge < -0.3 is 15.4 Å². The summed E-state index contributed by atoms with van der Waals surface area (Å²) in [5.41, 5.74) is 7.11. The molecule has 96 valence electrons. The van der Waals surface area contributed by atoms with Crippen molar-refractivity contribution in [1.29, 1.82) is 0 Å². The van der Waals surface area contributed by atoms with Gasteiger partial charge in [0.25, 0.3) is 0 Å². The van der Waals surface area contributed by atoms with Crippen LogP contribution < -0.4 is 5.73 Å². The summed E-state index contributed by atoms with van der Waals surface area (Å²) in [7, 11) is 0. The summed E-state index contributed by atoms with van der Waals surface area (Å²) in [5, 5.41) is 2.04. The molecule has 0 amide bonds. The maximum atomic E-state index is 5.92. The van der Waals surface area contributed by atoms with Crippen LogP contribution in [0.5, 0.6) is 0 Å². The van der Waals surface area contributed by atoms with Crippen LogP contribution in [0.2, 0.25) is 0 Å². The van der Waals surface area contributed by atoms with Crippen LogP contribution in [0.25, 0.3) is 0 Å². The Kier molecular flexibility index (Phi) is 6.75. The van der Waals surface area contributed by atoms with E-state index < -0.39 is 0 Å². The average Bonchev–Trinajstić information content (AvgIpc) is 2.73. The highest BCUT2D eigenvalue weighted by molar-refractivity contribution is 14.0.